The maximum absolute atomic E-state index is 11.1. The highest BCUT2D eigenvalue weighted by molar-refractivity contribution is 5.73. The first-order valence-corrected chi connectivity index (χ1v) is 5.43. The Bertz CT molecular complexity index is 195. The van der Waals surface area contributed by atoms with E-state index in [0.29, 0.717) is 19.6 Å². The summed E-state index contributed by atoms with van der Waals surface area (Å²) >= 11 is 0. The fourth-order valence-corrected chi connectivity index (χ4v) is 0.996. The molecule has 5 heteroatoms. The van der Waals surface area contributed by atoms with Gasteiger partial charge >= 0.3 is 6.03 Å². The van der Waals surface area contributed by atoms with Crippen LogP contribution in [0, 0.1) is 0 Å². The van der Waals surface area contributed by atoms with Gasteiger partial charge in [-0.05, 0) is 12.8 Å². The van der Waals surface area contributed by atoms with Crippen LogP contribution >= 0.6 is 0 Å². The summed E-state index contributed by atoms with van der Waals surface area (Å²) in [6, 6.07) is -0.133. The lowest BCUT2D eigenvalue weighted by atomic mass is 10.3. The van der Waals surface area contributed by atoms with Gasteiger partial charge in [-0.2, -0.15) is 0 Å². The molecule has 0 aliphatic heterocycles. The zero-order valence-electron chi connectivity index (χ0n) is 9.56. The van der Waals surface area contributed by atoms with Crippen molar-refractivity contribution in [2.24, 2.45) is 0 Å². The summed E-state index contributed by atoms with van der Waals surface area (Å²) in [5.41, 5.74) is 0. The van der Waals surface area contributed by atoms with Crippen molar-refractivity contribution in [1.29, 1.82) is 0 Å². The highest BCUT2D eigenvalue weighted by Crippen LogP contribution is 1.82. The van der Waals surface area contributed by atoms with E-state index < -0.39 is 0 Å². The lowest BCUT2D eigenvalue weighted by molar-refractivity contribution is -0.118. The molecule has 0 aromatic heterocycles. The maximum Gasteiger partial charge on any atom is 0.314 e. The van der Waals surface area contributed by atoms with Gasteiger partial charge in [0.25, 0.3) is 0 Å². The largest absolute Gasteiger partial charge is 0.356 e. The summed E-state index contributed by atoms with van der Waals surface area (Å²) in [7, 11) is 0. The van der Waals surface area contributed by atoms with E-state index in [-0.39, 0.29) is 11.9 Å². The molecule has 0 unspecified atom stereocenters. The molecule has 0 aliphatic carbocycles. The predicted molar refractivity (Wildman–Crippen MR) is 59.6 cm³/mol. The van der Waals surface area contributed by atoms with Gasteiger partial charge in [-0.25, -0.2) is 4.79 Å². The average molecular weight is 215 g/mol. The Kier molecular flexibility index (Phi) is 8.52. The van der Waals surface area contributed by atoms with Gasteiger partial charge in [-0.15, -0.1) is 0 Å². The number of amides is 3. The molecule has 0 heterocycles. The van der Waals surface area contributed by atoms with Crippen molar-refractivity contribution >= 4 is 11.9 Å². The zero-order chi connectivity index (χ0) is 11.5. The highest BCUT2D eigenvalue weighted by Gasteiger charge is 1.97. The molecule has 0 aromatic rings. The number of carbonyl (C=O) groups excluding carboxylic acids is 2. The Morgan fingerprint density at radius 3 is 2.00 bits per heavy atom. The summed E-state index contributed by atoms with van der Waals surface area (Å²) in [6.07, 6.45) is 2.82. The van der Waals surface area contributed by atoms with E-state index in [2.05, 4.69) is 22.9 Å². The second-order valence-electron chi connectivity index (χ2n) is 3.37. The Morgan fingerprint density at radius 1 is 0.933 bits per heavy atom. The number of hydrogen-bond donors (Lipinski definition) is 3. The number of rotatable bonds is 7. The third kappa shape index (κ3) is 10.7. The van der Waals surface area contributed by atoms with E-state index in [1.807, 2.05) is 0 Å². The van der Waals surface area contributed by atoms with E-state index >= 15 is 0 Å². The molecular formula is C10H21N3O2. The van der Waals surface area contributed by atoms with Crippen LogP contribution in [0.4, 0.5) is 4.79 Å². The van der Waals surface area contributed by atoms with Crippen LogP contribution in [0.15, 0.2) is 0 Å². The summed E-state index contributed by atoms with van der Waals surface area (Å²) in [5, 5.41) is 8.12. The van der Waals surface area contributed by atoms with E-state index in [1.54, 1.807) is 0 Å². The monoisotopic (exact) mass is 215 g/mol. The molecule has 0 saturated heterocycles. The van der Waals surface area contributed by atoms with Gasteiger partial charge < -0.3 is 16.0 Å². The first-order valence-electron chi connectivity index (χ1n) is 5.43. The number of hydrogen-bond acceptors (Lipinski definition) is 2. The van der Waals surface area contributed by atoms with Crippen molar-refractivity contribution in [3.8, 4) is 0 Å². The van der Waals surface area contributed by atoms with Crippen LogP contribution in [-0.2, 0) is 4.79 Å². The first-order chi connectivity index (χ1) is 7.16. The second kappa shape index (κ2) is 9.30. The summed E-state index contributed by atoms with van der Waals surface area (Å²) in [5.74, 6) is -0.0394. The maximum atomic E-state index is 11.1. The van der Waals surface area contributed by atoms with Crippen LogP contribution < -0.4 is 16.0 Å². The molecule has 3 N–H and O–H groups in total. The molecule has 0 aliphatic rings. The van der Waals surface area contributed by atoms with Crippen molar-refractivity contribution in [1.82, 2.24) is 16.0 Å². The molecule has 88 valence electrons. The molecule has 0 spiro atoms. The second-order valence-corrected chi connectivity index (χ2v) is 3.37. The predicted octanol–water partition coefficient (Wildman–Crippen LogP) is 0.612. The van der Waals surface area contributed by atoms with Crippen LogP contribution in [0.25, 0.3) is 0 Å². The van der Waals surface area contributed by atoms with Crippen LogP contribution in [0.1, 0.15) is 33.1 Å². The molecule has 3 amide bonds. The number of urea groups is 1. The van der Waals surface area contributed by atoms with Gasteiger partial charge in [0.1, 0.15) is 0 Å². The van der Waals surface area contributed by atoms with E-state index in [4.69, 9.17) is 0 Å². The standard InChI is InChI=1S/C10H21N3O2/c1-3-4-6-12-10(15)13-8-5-7-11-9(2)14/h3-8H2,1-2H3,(H,11,14)(H2,12,13,15). The molecule has 5 nitrogen and oxygen atoms in total. The molecule has 0 fully saturated rings. The Balaban J connectivity index is 3.20. The fourth-order valence-electron chi connectivity index (χ4n) is 0.996. The SMILES string of the molecule is CCCCNC(=O)NCCCNC(C)=O. The topological polar surface area (TPSA) is 70.2 Å². The van der Waals surface area contributed by atoms with Gasteiger partial charge in [-0.3, -0.25) is 4.79 Å². The quantitative estimate of drug-likeness (QED) is 0.545. The summed E-state index contributed by atoms with van der Waals surface area (Å²) < 4.78 is 0. The molecule has 15 heavy (non-hydrogen) atoms. The van der Waals surface area contributed by atoms with Crippen LogP contribution in [-0.4, -0.2) is 31.6 Å². The smallest absolute Gasteiger partial charge is 0.314 e. The molecule has 0 atom stereocenters. The number of nitrogens with one attached hydrogen (secondary N) is 3. The minimum absolute atomic E-state index is 0.0394. The summed E-state index contributed by atoms with van der Waals surface area (Å²) in [4.78, 5) is 21.6. The van der Waals surface area contributed by atoms with Gasteiger partial charge in [0, 0.05) is 26.6 Å². The number of unbranched alkanes of at least 4 members (excludes halogenated alkanes) is 1. The molecule has 0 saturated carbocycles. The molecule has 0 aromatic carbocycles. The van der Waals surface area contributed by atoms with Crippen LogP contribution in [0.5, 0.6) is 0 Å². The minimum atomic E-state index is -0.133. The van der Waals surface area contributed by atoms with Gasteiger partial charge in [0.2, 0.25) is 5.91 Å². The minimum Gasteiger partial charge on any atom is -0.356 e. The third-order valence-electron chi connectivity index (χ3n) is 1.83. The highest BCUT2D eigenvalue weighted by atomic mass is 16.2. The van der Waals surface area contributed by atoms with Crippen molar-refractivity contribution in [3.05, 3.63) is 0 Å². The number of carbonyl (C=O) groups is 2. The van der Waals surface area contributed by atoms with E-state index in [1.165, 1.54) is 6.92 Å². The van der Waals surface area contributed by atoms with Gasteiger partial charge in [0.15, 0.2) is 0 Å². The normalized spacial score (nSPS) is 9.47. The molecule has 0 radical (unpaired) electrons. The van der Waals surface area contributed by atoms with Crippen molar-refractivity contribution in [2.45, 2.75) is 33.1 Å². The van der Waals surface area contributed by atoms with Gasteiger partial charge in [-0.1, -0.05) is 13.3 Å². The average Bonchev–Trinajstić information content (AvgIpc) is 2.17. The van der Waals surface area contributed by atoms with E-state index in [0.717, 1.165) is 19.3 Å². The Morgan fingerprint density at radius 2 is 1.47 bits per heavy atom. The molecular weight excluding hydrogens is 194 g/mol. The Labute approximate surface area is 91.0 Å². The third-order valence-corrected chi connectivity index (χ3v) is 1.83. The fraction of sp³-hybridized carbons (Fsp3) is 0.800. The Hall–Kier alpha value is -1.26. The van der Waals surface area contributed by atoms with Gasteiger partial charge in [0.05, 0.1) is 0 Å². The van der Waals surface area contributed by atoms with Crippen molar-refractivity contribution in [3.63, 3.8) is 0 Å². The zero-order valence-corrected chi connectivity index (χ0v) is 9.56. The molecule has 0 bridgehead atoms. The van der Waals surface area contributed by atoms with Crippen LogP contribution in [0.3, 0.4) is 0 Å². The lowest BCUT2D eigenvalue weighted by Gasteiger charge is -2.06. The van der Waals surface area contributed by atoms with Crippen molar-refractivity contribution in [2.75, 3.05) is 19.6 Å². The first kappa shape index (κ1) is 13.7. The van der Waals surface area contributed by atoms with Crippen molar-refractivity contribution < 1.29 is 9.59 Å². The summed E-state index contributed by atoms with van der Waals surface area (Å²) in [6.45, 7) is 5.45. The van der Waals surface area contributed by atoms with Crippen LogP contribution in [0.2, 0.25) is 0 Å². The molecule has 0 rings (SSSR count). The lowest BCUT2D eigenvalue weighted by Crippen LogP contribution is -2.37. The van der Waals surface area contributed by atoms with E-state index in [9.17, 15) is 9.59 Å².